The van der Waals surface area contributed by atoms with Crippen LogP contribution in [0.4, 0.5) is 5.69 Å². The second kappa shape index (κ2) is 6.42. The molecular weight excluding hydrogens is 349 g/mol. The molecule has 0 spiro atoms. The minimum Gasteiger partial charge on any atom is -0.304 e. The van der Waals surface area contributed by atoms with Crippen LogP contribution in [0, 0.1) is 0 Å². The van der Waals surface area contributed by atoms with Gasteiger partial charge in [0.15, 0.2) is 6.29 Å². The molecule has 0 saturated heterocycles. The van der Waals surface area contributed by atoms with Crippen LogP contribution in [0.15, 0.2) is 42.5 Å². The second-order valence-corrected chi connectivity index (χ2v) is 5.62. The van der Waals surface area contributed by atoms with Crippen LogP contribution in [0.1, 0.15) is 15.9 Å². The Balaban J connectivity index is 2.25. The average Bonchev–Trinajstić information content (AvgIpc) is 2.39. The Hall–Kier alpha value is -1.03. The zero-order valence-electron chi connectivity index (χ0n) is 9.82. The molecule has 2 aromatic carbocycles. The molecule has 0 amide bonds. The predicted octanol–water partition coefficient (Wildman–Crippen LogP) is 5.12. The van der Waals surface area contributed by atoms with Crippen molar-refractivity contribution in [2.75, 3.05) is 3.93 Å². The number of hydrogen-bond donors (Lipinski definition) is 0. The summed E-state index contributed by atoms with van der Waals surface area (Å²) in [7, 11) is 0. The normalized spacial score (nSPS) is 10.3. The molecule has 2 rings (SSSR count). The van der Waals surface area contributed by atoms with Gasteiger partial charge >= 0.3 is 0 Å². The molecule has 0 N–H and O–H groups in total. The Bertz CT molecular complexity index is 566. The van der Waals surface area contributed by atoms with Crippen molar-refractivity contribution >= 4 is 51.3 Å². The summed E-state index contributed by atoms with van der Waals surface area (Å²) in [6, 6.07) is 13.4. The Morgan fingerprint density at radius 3 is 2.21 bits per heavy atom. The van der Waals surface area contributed by atoms with E-state index in [4.69, 9.17) is 23.2 Å². The molecule has 5 heteroatoms. The van der Waals surface area contributed by atoms with Gasteiger partial charge in [-0.3, -0.25) is 4.79 Å². The van der Waals surface area contributed by atoms with Crippen molar-refractivity contribution in [3.8, 4) is 0 Å². The summed E-state index contributed by atoms with van der Waals surface area (Å²) in [6.07, 6.45) is 0.657. The molecule has 0 aliphatic heterocycles. The molecule has 0 heterocycles. The van der Waals surface area contributed by atoms with Crippen molar-refractivity contribution < 1.29 is 4.79 Å². The standard InChI is InChI=1S/C14H10BrCl2NO/c15-18(8-10-4-2-1-3-5-10)11-6-13(16)12(9-19)14(17)7-11/h1-7,9H,8H2. The van der Waals surface area contributed by atoms with Crippen LogP contribution in [0.2, 0.25) is 10.0 Å². The minimum atomic E-state index is 0.313. The highest BCUT2D eigenvalue weighted by Crippen LogP contribution is 2.31. The summed E-state index contributed by atoms with van der Waals surface area (Å²) in [5, 5.41) is 0.685. The lowest BCUT2D eigenvalue weighted by atomic mass is 10.2. The van der Waals surface area contributed by atoms with Crippen LogP contribution < -0.4 is 3.93 Å². The van der Waals surface area contributed by atoms with Crippen LogP contribution in [0.5, 0.6) is 0 Å². The fourth-order valence-corrected chi connectivity index (χ4v) is 2.72. The quantitative estimate of drug-likeness (QED) is 0.558. The maximum Gasteiger partial charge on any atom is 0.153 e. The number of rotatable bonds is 4. The Labute approximate surface area is 130 Å². The highest BCUT2D eigenvalue weighted by molar-refractivity contribution is 9.10. The smallest absolute Gasteiger partial charge is 0.153 e. The minimum absolute atomic E-state index is 0.313. The molecule has 0 saturated carbocycles. The Morgan fingerprint density at radius 1 is 1.11 bits per heavy atom. The zero-order valence-corrected chi connectivity index (χ0v) is 12.9. The number of hydrogen-bond acceptors (Lipinski definition) is 2. The SMILES string of the molecule is O=Cc1c(Cl)cc(N(Br)Cc2ccccc2)cc1Cl. The first kappa shape index (κ1) is 14.4. The van der Waals surface area contributed by atoms with Gasteiger partial charge in [0.1, 0.15) is 0 Å². The largest absolute Gasteiger partial charge is 0.304 e. The summed E-state index contributed by atoms with van der Waals surface area (Å²) in [4.78, 5) is 10.8. The monoisotopic (exact) mass is 357 g/mol. The maximum atomic E-state index is 10.8. The summed E-state index contributed by atoms with van der Waals surface area (Å²) >= 11 is 15.5. The topological polar surface area (TPSA) is 20.3 Å². The third kappa shape index (κ3) is 3.50. The first-order valence-electron chi connectivity index (χ1n) is 5.53. The van der Waals surface area contributed by atoms with Gasteiger partial charge in [0.2, 0.25) is 0 Å². The summed E-state index contributed by atoms with van der Waals surface area (Å²) in [5.74, 6) is 0. The summed E-state index contributed by atoms with van der Waals surface area (Å²) < 4.78 is 1.84. The molecule has 0 fully saturated rings. The number of halogens is 3. The second-order valence-electron chi connectivity index (χ2n) is 3.95. The average molecular weight is 359 g/mol. The lowest BCUT2D eigenvalue weighted by molar-refractivity contribution is 0.112. The van der Waals surface area contributed by atoms with Gasteiger partial charge in [-0.1, -0.05) is 53.5 Å². The van der Waals surface area contributed by atoms with E-state index in [0.717, 1.165) is 11.3 Å². The number of carbonyl (C=O) groups excluding carboxylic acids is 1. The van der Waals surface area contributed by atoms with Gasteiger partial charge < -0.3 is 3.93 Å². The van der Waals surface area contributed by atoms with Crippen LogP contribution in [-0.2, 0) is 6.54 Å². The number of benzene rings is 2. The van der Waals surface area contributed by atoms with Gasteiger partial charge in [0, 0.05) is 16.1 Å². The lowest BCUT2D eigenvalue weighted by Gasteiger charge is -2.18. The first-order valence-corrected chi connectivity index (χ1v) is 7.00. The molecular formula is C14H10BrCl2NO. The van der Waals surface area contributed by atoms with E-state index in [-0.39, 0.29) is 0 Å². The third-order valence-electron chi connectivity index (χ3n) is 2.63. The van der Waals surface area contributed by atoms with E-state index in [1.807, 2.05) is 34.3 Å². The highest BCUT2D eigenvalue weighted by Gasteiger charge is 2.11. The molecule has 0 unspecified atom stereocenters. The fourth-order valence-electron chi connectivity index (χ4n) is 1.66. The summed E-state index contributed by atoms with van der Waals surface area (Å²) in [6.45, 7) is 0.661. The van der Waals surface area contributed by atoms with E-state index in [2.05, 4.69) is 16.1 Å². The van der Waals surface area contributed by atoms with Gasteiger partial charge in [0.25, 0.3) is 0 Å². The van der Waals surface area contributed by atoms with Crippen molar-refractivity contribution in [1.29, 1.82) is 0 Å². The van der Waals surface area contributed by atoms with E-state index < -0.39 is 0 Å². The molecule has 19 heavy (non-hydrogen) atoms. The van der Waals surface area contributed by atoms with Crippen molar-refractivity contribution in [2.24, 2.45) is 0 Å². The van der Waals surface area contributed by atoms with Crippen LogP contribution in [0.25, 0.3) is 0 Å². The molecule has 2 nitrogen and oxygen atoms in total. The number of nitrogens with zero attached hydrogens (tertiary/aromatic N) is 1. The fraction of sp³-hybridized carbons (Fsp3) is 0.0714. The predicted molar refractivity (Wildman–Crippen MR) is 83.4 cm³/mol. The van der Waals surface area contributed by atoms with E-state index >= 15 is 0 Å². The molecule has 0 aromatic heterocycles. The molecule has 2 aromatic rings. The van der Waals surface area contributed by atoms with Gasteiger partial charge in [-0.05, 0) is 17.7 Å². The van der Waals surface area contributed by atoms with E-state index in [1.165, 1.54) is 0 Å². The van der Waals surface area contributed by atoms with E-state index in [0.29, 0.717) is 28.4 Å². The zero-order chi connectivity index (χ0) is 13.8. The van der Waals surface area contributed by atoms with Crippen LogP contribution in [-0.4, -0.2) is 6.29 Å². The maximum absolute atomic E-state index is 10.8. The highest BCUT2D eigenvalue weighted by atomic mass is 79.9. The number of carbonyl (C=O) groups is 1. The molecule has 0 radical (unpaired) electrons. The Morgan fingerprint density at radius 2 is 1.68 bits per heavy atom. The van der Waals surface area contributed by atoms with Crippen molar-refractivity contribution in [2.45, 2.75) is 6.54 Å². The third-order valence-corrected chi connectivity index (χ3v) is 3.91. The molecule has 98 valence electrons. The Kier molecular flexibility index (Phi) is 4.86. The molecule has 0 bridgehead atoms. The van der Waals surface area contributed by atoms with Gasteiger partial charge in [-0.25, -0.2) is 0 Å². The lowest BCUT2D eigenvalue weighted by Crippen LogP contribution is -2.09. The van der Waals surface area contributed by atoms with Crippen molar-refractivity contribution in [3.05, 3.63) is 63.6 Å². The van der Waals surface area contributed by atoms with E-state index in [1.54, 1.807) is 12.1 Å². The van der Waals surface area contributed by atoms with Crippen molar-refractivity contribution in [3.63, 3.8) is 0 Å². The molecule has 0 aliphatic carbocycles. The number of anilines is 1. The van der Waals surface area contributed by atoms with E-state index in [9.17, 15) is 4.79 Å². The molecule has 0 atom stereocenters. The van der Waals surface area contributed by atoms with Gasteiger partial charge in [-0.15, -0.1) is 0 Å². The summed E-state index contributed by atoms with van der Waals surface area (Å²) in [5.41, 5.74) is 2.25. The van der Waals surface area contributed by atoms with Crippen molar-refractivity contribution in [1.82, 2.24) is 0 Å². The van der Waals surface area contributed by atoms with Gasteiger partial charge in [0.05, 0.1) is 27.8 Å². The van der Waals surface area contributed by atoms with Gasteiger partial charge in [-0.2, -0.15) is 0 Å². The molecule has 0 aliphatic rings. The van der Waals surface area contributed by atoms with Crippen LogP contribution >= 0.6 is 39.3 Å². The first-order chi connectivity index (χ1) is 9.11. The number of aldehydes is 1. The van der Waals surface area contributed by atoms with Crippen LogP contribution in [0.3, 0.4) is 0 Å².